The first-order valence-corrected chi connectivity index (χ1v) is 7.44. The van der Waals surface area contributed by atoms with Crippen molar-refractivity contribution in [3.05, 3.63) is 47.5 Å². The third kappa shape index (κ3) is 3.17. The van der Waals surface area contributed by atoms with E-state index in [1.54, 1.807) is 7.11 Å². The van der Waals surface area contributed by atoms with Crippen molar-refractivity contribution < 1.29 is 4.74 Å². The number of hydrogen-bond donors (Lipinski definition) is 1. The normalized spacial score (nSPS) is 11.0. The molecule has 0 aliphatic rings. The minimum atomic E-state index is 0.413. The number of nitrogens with one attached hydrogen (secondary N) is 1. The van der Waals surface area contributed by atoms with Gasteiger partial charge in [-0.3, -0.25) is 0 Å². The third-order valence-electron chi connectivity index (χ3n) is 3.06. The highest BCUT2D eigenvalue weighted by atomic mass is 32.1. The highest BCUT2D eigenvalue weighted by Crippen LogP contribution is 2.22. The highest BCUT2D eigenvalue weighted by Gasteiger charge is 2.07. The van der Waals surface area contributed by atoms with Gasteiger partial charge in [-0.05, 0) is 24.5 Å². The molecule has 3 rings (SSSR count). The molecular weight excluding hydrogens is 284 g/mol. The molecule has 0 aliphatic heterocycles. The van der Waals surface area contributed by atoms with Crippen molar-refractivity contribution in [3.63, 3.8) is 0 Å². The molecule has 0 spiro atoms. The minimum absolute atomic E-state index is 0.413. The number of methoxy groups -OCH3 is 1. The first kappa shape index (κ1) is 13.9. The number of hydrogen-bond acceptors (Lipinski definition) is 6. The number of anilines is 1. The summed E-state index contributed by atoms with van der Waals surface area (Å²) in [7, 11) is 1.64. The number of nitrogens with zero attached hydrogens (tertiary/aromatic N) is 3. The van der Waals surface area contributed by atoms with Crippen LogP contribution in [0.1, 0.15) is 17.2 Å². The van der Waals surface area contributed by atoms with Crippen LogP contribution >= 0.6 is 11.5 Å². The Balaban J connectivity index is 1.78. The molecule has 0 saturated carbocycles. The lowest BCUT2D eigenvalue weighted by atomic mass is 10.2. The Kier molecular flexibility index (Phi) is 4.08. The smallest absolute Gasteiger partial charge is 0.156 e. The molecule has 3 aromatic rings. The molecule has 0 radical (unpaired) electrons. The van der Waals surface area contributed by atoms with Crippen molar-refractivity contribution in [2.75, 3.05) is 12.4 Å². The lowest BCUT2D eigenvalue weighted by Crippen LogP contribution is -2.06. The number of aromatic nitrogens is 3. The zero-order chi connectivity index (χ0) is 14.7. The van der Waals surface area contributed by atoms with Crippen molar-refractivity contribution in [2.24, 2.45) is 0 Å². The van der Waals surface area contributed by atoms with Crippen molar-refractivity contribution in [1.82, 2.24) is 14.3 Å². The average Bonchev–Trinajstić information content (AvgIpc) is 2.88. The predicted octanol–water partition coefficient (Wildman–Crippen LogP) is 3.15. The van der Waals surface area contributed by atoms with Gasteiger partial charge in [0.1, 0.15) is 12.4 Å². The molecule has 2 aromatic heterocycles. The fourth-order valence-corrected chi connectivity index (χ4v) is 2.95. The number of rotatable bonds is 5. The zero-order valence-electron chi connectivity index (χ0n) is 12.0. The van der Waals surface area contributed by atoms with Crippen LogP contribution in [-0.4, -0.2) is 21.5 Å². The molecule has 0 saturated heterocycles. The van der Waals surface area contributed by atoms with Gasteiger partial charge >= 0.3 is 0 Å². The van der Waals surface area contributed by atoms with Gasteiger partial charge in [0.2, 0.25) is 0 Å². The number of ether oxygens (including phenoxy) is 1. The lowest BCUT2D eigenvalue weighted by molar-refractivity contribution is 0.177. The molecule has 0 bridgehead atoms. The van der Waals surface area contributed by atoms with Crippen LogP contribution in [-0.2, 0) is 17.9 Å². The SMILES string of the molecule is COCc1nc(C)cc(NCc2nsc3ccccc23)n1. The summed E-state index contributed by atoms with van der Waals surface area (Å²) in [6.07, 6.45) is 0. The maximum Gasteiger partial charge on any atom is 0.156 e. The average molecular weight is 300 g/mol. The standard InChI is InChI=1S/C15H16N4OS/c1-10-7-14(18-15(17-10)9-20-2)16-8-12-11-5-3-4-6-13(11)21-19-12/h3-7H,8-9H2,1-2H3,(H,16,17,18). The fourth-order valence-electron chi connectivity index (χ4n) is 2.15. The van der Waals surface area contributed by atoms with E-state index in [1.807, 2.05) is 25.1 Å². The van der Waals surface area contributed by atoms with E-state index >= 15 is 0 Å². The van der Waals surface area contributed by atoms with Crippen LogP contribution in [0.2, 0.25) is 0 Å². The van der Waals surface area contributed by atoms with Crippen LogP contribution in [0.15, 0.2) is 30.3 Å². The van der Waals surface area contributed by atoms with E-state index in [2.05, 4.69) is 31.8 Å². The summed E-state index contributed by atoms with van der Waals surface area (Å²) in [6.45, 7) is 3.01. The van der Waals surface area contributed by atoms with Gasteiger partial charge in [-0.25, -0.2) is 9.97 Å². The Labute approximate surface area is 127 Å². The molecule has 5 nitrogen and oxygen atoms in total. The van der Waals surface area contributed by atoms with Crippen LogP contribution < -0.4 is 5.32 Å². The van der Waals surface area contributed by atoms with Crippen molar-refractivity contribution in [1.29, 1.82) is 0 Å². The predicted molar refractivity (Wildman–Crippen MR) is 84.4 cm³/mol. The Bertz CT molecular complexity index is 756. The van der Waals surface area contributed by atoms with Gasteiger partial charge in [0, 0.05) is 24.3 Å². The van der Waals surface area contributed by atoms with Gasteiger partial charge in [0.05, 0.1) is 16.9 Å². The van der Waals surface area contributed by atoms with E-state index < -0.39 is 0 Å². The maximum absolute atomic E-state index is 5.08. The summed E-state index contributed by atoms with van der Waals surface area (Å²) >= 11 is 1.52. The van der Waals surface area contributed by atoms with Gasteiger partial charge in [0.15, 0.2) is 5.82 Å². The Morgan fingerprint density at radius 3 is 2.95 bits per heavy atom. The minimum Gasteiger partial charge on any atom is -0.377 e. The van der Waals surface area contributed by atoms with E-state index in [9.17, 15) is 0 Å². The first-order valence-electron chi connectivity index (χ1n) is 6.67. The molecule has 108 valence electrons. The molecule has 1 N–H and O–H groups in total. The summed E-state index contributed by atoms with van der Waals surface area (Å²) in [6, 6.07) is 10.2. The molecule has 0 fully saturated rings. The summed E-state index contributed by atoms with van der Waals surface area (Å²) in [5.41, 5.74) is 1.96. The van der Waals surface area contributed by atoms with Crippen LogP contribution in [0.3, 0.4) is 0 Å². The van der Waals surface area contributed by atoms with Gasteiger partial charge < -0.3 is 10.1 Å². The second-order valence-corrected chi connectivity index (χ2v) is 5.53. The molecular formula is C15H16N4OS. The van der Waals surface area contributed by atoms with Crippen LogP contribution in [0.25, 0.3) is 10.1 Å². The molecule has 0 atom stereocenters. The van der Waals surface area contributed by atoms with Crippen molar-refractivity contribution in [2.45, 2.75) is 20.1 Å². The Morgan fingerprint density at radius 1 is 1.24 bits per heavy atom. The first-order chi connectivity index (χ1) is 10.3. The number of aryl methyl sites for hydroxylation is 1. The van der Waals surface area contributed by atoms with Gasteiger partial charge in [-0.15, -0.1) is 0 Å². The molecule has 6 heteroatoms. The van der Waals surface area contributed by atoms with E-state index in [4.69, 9.17) is 4.74 Å². The number of fused-ring (bicyclic) bond motifs is 1. The largest absolute Gasteiger partial charge is 0.377 e. The van der Waals surface area contributed by atoms with E-state index in [1.165, 1.54) is 21.6 Å². The van der Waals surface area contributed by atoms with Crippen LogP contribution in [0.5, 0.6) is 0 Å². The van der Waals surface area contributed by atoms with Crippen LogP contribution in [0, 0.1) is 6.92 Å². The molecule has 21 heavy (non-hydrogen) atoms. The second-order valence-electron chi connectivity index (χ2n) is 4.72. The monoisotopic (exact) mass is 300 g/mol. The summed E-state index contributed by atoms with van der Waals surface area (Å²) in [5, 5.41) is 4.51. The fraction of sp³-hybridized carbons (Fsp3) is 0.267. The molecule has 2 heterocycles. The van der Waals surface area contributed by atoms with E-state index in [0.29, 0.717) is 19.0 Å². The van der Waals surface area contributed by atoms with Crippen LogP contribution in [0.4, 0.5) is 5.82 Å². The van der Waals surface area contributed by atoms with Crippen molar-refractivity contribution >= 4 is 27.4 Å². The lowest BCUT2D eigenvalue weighted by Gasteiger charge is -2.07. The van der Waals surface area contributed by atoms with E-state index in [0.717, 1.165) is 17.2 Å². The molecule has 0 aliphatic carbocycles. The molecule has 0 amide bonds. The maximum atomic E-state index is 5.08. The Morgan fingerprint density at radius 2 is 2.10 bits per heavy atom. The van der Waals surface area contributed by atoms with Gasteiger partial charge in [0.25, 0.3) is 0 Å². The summed E-state index contributed by atoms with van der Waals surface area (Å²) in [4.78, 5) is 8.76. The number of benzene rings is 1. The molecule has 0 unspecified atom stereocenters. The highest BCUT2D eigenvalue weighted by molar-refractivity contribution is 7.13. The zero-order valence-corrected chi connectivity index (χ0v) is 12.8. The summed E-state index contributed by atoms with van der Waals surface area (Å²) < 4.78 is 10.8. The van der Waals surface area contributed by atoms with Gasteiger partial charge in [-0.1, -0.05) is 18.2 Å². The quantitative estimate of drug-likeness (QED) is 0.784. The summed E-state index contributed by atoms with van der Waals surface area (Å²) in [5.74, 6) is 1.48. The second kappa shape index (κ2) is 6.15. The van der Waals surface area contributed by atoms with Crippen molar-refractivity contribution in [3.8, 4) is 0 Å². The van der Waals surface area contributed by atoms with Gasteiger partial charge in [-0.2, -0.15) is 4.37 Å². The topological polar surface area (TPSA) is 59.9 Å². The Hall–Kier alpha value is -2.05. The third-order valence-corrected chi connectivity index (χ3v) is 3.93. The van der Waals surface area contributed by atoms with E-state index in [-0.39, 0.29) is 0 Å². The molecule has 1 aromatic carbocycles.